The number of nitro benzene ring substituents is 1. The van der Waals surface area contributed by atoms with Crippen molar-refractivity contribution in [3.63, 3.8) is 0 Å². The zero-order chi connectivity index (χ0) is 15.6. The minimum atomic E-state index is -0.870. The van der Waals surface area contributed by atoms with Crippen molar-refractivity contribution in [2.24, 2.45) is 0 Å². The highest BCUT2D eigenvalue weighted by Gasteiger charge is 2.22. The zero-order valence-corrected chi connectivity index (χ0v) is 11.4. The van der Waals surface area contributed by atoms with E-state index in [0.717, 1.165) is 29.5 Å². The summed E-state index contributed by atoms with van der Waals surface area (Å²) in [5.74, 6) is -1.91. The predicted molar refractivity (Wildman–Crippen MR) is 73.1 cm³/mol. The van der Waals surface area contributed by atoms with E-state index in [1.165, 1.54) is 12.3 Å². The molecule has 1 heterocycles. The molecule has 0 radical (unpaired) electrons. The van der Waals surface area contributed by atoms with E-state index >= 15 is 0 Å². The molecule has 0 aliphatic rings. The summed E-state index contributed by atoms with van der Waals surface area (Å²) in [7, 11) is 0. The molecule has 0 aliphatic heterocycles. The van der Waals surface area contributed by atoms with E-state index in [2.05, 4.69) is 10.3 Å². The number of amides is 1. The Morgan fingerprint density at radius 3 is 2.71 bits per heavy atom. The van der Waals surface area contributed by atoms with Crippen molar-refractivity contribution in [1.82, 2.24) is 4.98 Å². The quantitative estimate of drug-likeness (QED) is 0.531. The van der Waals surface area contributed by atoms with E-state index in [9.17, 15) is 24.1 Å². The maximum absolute atomic E-state index is 13.2. The van der Waals surface area contributed by atoms with Crippen molar-refractivity contribution < 1.29 is 18.9 Å². The number of hydrogen-bond donors (Lipinski definition) is 1. The zero-order valence-electron chi connectivity index (χ0n) is 10.6. The molecular formula is C12H8FN3O4S. The van der Waals surface area contributed by atoms with Crippen LogP contribution in [0.25, 0.3) is 0 Å². The van der Waals surface area contributed by atoms with Crippen LogP contribution in [0.4, 0.5) is 15.2 Å². The van der Waals surface area contributed by atoms with Gasteiger partial charge in [0.15, 0.2) is 10.9 Å². The minimum Gasteiger partial charge on any atom is -0.298 e. The van der Waals surface area contributed by atoms with Gasteiger partial charge in [-0.1, -0.05) is 0 Å². The van der Waals surface area contributed by atoms with Gasteiger partial charge in [0.25, 0.3) is 11.6 Å². The Bertz CT molecular complexity index is 744. The monoisotopic (exact) mass is 309 g/mol. The third-order valence-electron chi connectivity index (χ3n) is 2.49. The number of ketones is 1. The Kier molecular flexibility index (Phi) is 4.03. The predicted octanol–water partition coefficient (Wildman–Crippen LogP) is 2.65. The molecule has 9 heteroatoms. The van der Waals surface area contributed by atoms with E-state index in [0.29, 0.717) is 0 Å². The Balaban J connectivity index is 2.29. The third kappa shape index (κ3) is 3.26. The third-order valence-corrected chi connectivity index (χ3v) is 3.24. The number of aromatic nitrogens is 1. The maximum Gasteiger partial charge on any atom is 0.282 e. The molecule has 1 aromatic carbocycles. The molecule has 0 fully saturated rings. The van der Waals surface area contributed by atoms with Gasteiger partial charge >= 0.3 is 0 Å². The normalized spacial score (nSPS) is 10.2. The molecule has 7 nitrogen and oxygen atoms in total. The van der Waals surface area contributed by atoms with Crippen molar-refractivity contribution >= 4 is 33.8 Å². The van der Waals surface area contributed by atoms with Crippen LogP contribution >= 0.6 is 11.3 Å². The van der Waals surface area contributed by atoms with Gasteiger partial charge in [0.1, 0.15) is 17.1 Å². The molecule has 2 rings (SSSR count). The molecule has 108 valence electrons. The Hall–Kier alpha value is -2.68. The number of carbonyl (C=O) groups excluding carboxylic acids is 2. The van der Waals surface area contributed by atoms with E-state index in [1.54, 1.807) is 0 Å². The molecule has 0 bridgehead atoms. The van der Waals surface area contributed by atoms with E-state index < -0.39 is 27.9 Å². The molecule has 0 aliphatic carbocycles. The number of nitrogens with one attached hydrogen (secondary N) is 1. The summed E-state index contributed by atoms with van der Waals surface area (Å²) in [5.41, 5.74) is -0.763. The number of hydrogen-bond acceptors (Lipinski definition) is 6. The summed E-state index contributed by atoms with van der Waals surface area (Å²) in [6, 6.07) is 2.58. The smallest absolute Gasteiger partial charge is 0.282 e. The number of Topliss-reactive ketones (excluding diaryl/α,β-unsaturated/α-hetero) is 1. The maximum atomic E-state index is 13.2. The number of thiazole rings is 1. The number of halogens is 1. The molecule has 0 spiro atoms. The number of anilines is 1. The highest BCUT2D eigenvalue weighted by molar-refractivity contribution is 7.14. The van der Waals surface area contributed by atoms with Crippen LogP contribution in [-0.4, -0.2) is 21.6 Å². The molecule has 1 amide bonds. The number of nitro groups is 1. The fraction of sp³-hybridized carbons (Fsp3) is 0.0833. The van der Waals surface area contributed by atoms with Crippen LogP contribution in [-0.2, 0) is 0 Å². The summed E-state index contributed by atoms with van der Waals surface area (Å²) in [6.45, 7) is 1.32. The molecule has 0 saturated carbocycles. The fourth-order valence-electron chi connectivity index (χ4n) is 1.51. The summed E-state index contributed by atoms with van der Waals surface area (Å²) < 4.78 is 13.2. The first-order valence-electron chi connectivity index (χ1n) is 5.60. The van der Waals surface area contributed by atoms with E-state index in [1.807, 2.05) is 0 Å². The molecule has 21 heavy (non-hydrogen) atoms. The Labute approximate surface area is 121 Å². The largest absolute Gasteiger partial charge is 0.298 e. The summed E-state index contributed by atoms with van der Waals surface area (Å²) in [6.07, 6.45) is 0. The number of benzene rings is 1. The second kappa shape index (κ2) is 5.75. The van der Waals surface area contributed by atoms with Gasteiger partial charge < -0.3 is 0 Å². The summed E-state index contributed by atoms with van der Waals surface area (Å²) >= 11 is 0.992. The molecule has 0 atom stereocenters. The lowest BCUT2D eigenvalue weighted by atomic mass is 10.1. The van der Waals surface area contributed by atoms with Crippen molar-refractivity contribution in [3.8, 4) is 0 Å². The highest BCUT2D eigenvalue weighted by Crippen LogP contribution is 2.22. The van der Waals surface area contributed by atoms with Gasteiger partial charge in [-0.2, -0.15) is 0 Å². The lowest BCUT2D eigenvalue weighted by molar-refractivity contribution is -0.385. The van der Waals surface area contributed by atoms with Crippen LogP contribution in [0.3, 0.4) is 0 Å². The second-order valence-corrected chi connectivity index (χ2v) is 4.82. The molecule has 0 saturated heterocycles. The van der Waals surface area contributed by atoms with Gasteiger partial charge in [-0.25, -0.2) is 9.37 Å². The summed E-state index contributed by atoms with van der Waals surface area (Å²) in [5, 5.41) is 14.7. The lowest BCUT2D eigenvalue weighted by Crippen LogP contribution is -2.14. The number of nitrogens with zero attached hydrogens (tertiary/aromatic N) is 2. The number of carbonyl (C=O) groups is 2. The first kappa shape index (κ1) is 14.7. The van der Waals surface area contributed by atoms with Gasteiger partial charge in [-0.3, -0.25) is 25.0 Å². The molecule has 1 aromatic heterocycles. The highest BCUT2D eigenvalue weighted by atomic mass is 32.1. The Morgan fingerprint density at radius 2 is 2.14 bits per heavy atom. The molecule has 0 unspecified atom stereocenters. The van der Waals surface area contributed by atoms with Crippen LogP contribution in [0.5, 0.6) is 0 Å². The standard InChI is InChI=1S/C12H8FN3O4S/c1-6(17)9-5-21-12(14-9)15-11(18)8-4-7(13)2-3-10(8)16(19)20/h2-5H,1H3,(H,14,15,18). The van der Waals surface area contributed by atoms with Crippen molar-refractivity contribution in [2.45, 2.75) is 6.92 Å². The molecule has 1 N–H and O–H groups in total. The average Bonchev–Trinajstić information content (AvgIpc) is 2.86. The van der Waals surface area contributed by atoms with Crippen molar-refractivity contribution in [1.29, 1.82) is 0 Å². The van der Waals surface area contributed by atoms with Crippen molar-refractivity contribution in [3.05, 3.63) is 50.8 Å². The van der Waals surface area contributed by atoms with Gasteiger partial charge in [-0.05, 0) is 12.1 Å². The van der Waals surface area contributed by atoms with Crippen molar-refractivity contribution in [2.75, 3.05) is 5.32 Å². The SMILES string of the molecule is CC(=O)c1csc(NC(=O)c2cc(F)ccc2[N+](=O)[O-])n1. The van der Waals surface area contributed by atoms with Gasteiger partial charge in [-0.15, -0.1) is 11.3 Å². The average molecular weight is 309 g/mol. The van der Waals surface area contributed by atoms with Crippen LogP contribution < -0.4 is 5.32 Å². The van der Waals surface area contributed by atoms with E-state index in [-0.39, 0.29) is 16.6 Å². The van der Waals surface area contributed by atoms with Gasteiger partial charge in [0.05, 0.1) is 4.92 Å². The first-order valence-corrected chi connectivity index (χ1v) is 6.48. The second-order valence-electron chi connectivity index (χ2n) is 3.97. The molecular weight excluding hydrogens is 301 g/mol. The van der Waals surface area contributed by atoms with Crippen LogP contribution in [0.15, 0.2) is 23.6 Å². The topological polar surface area (TPSA) is 102 Å². The fourth-order valence-corrected chi connectivity index (χ4v) is 2.25. The summed E-state index contributed by atoms with van der Waals surface area (Å²) in [4.78, 5) is 37.0. The minimum absolute atomic E-state index is 0.101. The van der Waals surface area contributed by atoms with Crippen LogP contribution in [0.1, 0.15) is 27.8 Å². The van der Waals surface area contributed by atoms with E-state index in [4.69, 9.17) is 0 Å². The molecule has 2 aromatic rings. The number of rotatable bonds is 4. The van der Waals surface area contributed by atoms with Crippen LogP contribution in [0.2, 0.25) is 0 Å². The van der Waals surface area contributed by atoms with Crippen LogP contribution in [0, 0.1) is 15.9 Å². The van der Waals surface area contributed by atoms with Gasteiger partial charge in [0.2, 0.25) is 0 Å². The van der Waals surface area contributed by atoms with Gasteiger partial charge in [0, 0.05) is 18.4 Å². The Morgan fingerprint density at radius 1 is 1.43 bits per heavy atom. The lowest BCUT2D eigenvalue weighted by Gasteiger charge is -2.03. The first-order chi connectivity index (χ1) is 9.88.